The average Bonchev–Trinajstić information content (AvgIpc) is 2.48. The van der Waals surface area contributed by atoms with E-state index in [-0.39, 0.29) is 5.41 Å². The molecule has 2 rings (SSSR count). The Morgan fingerprint density at radius 2 is 2.00 bits per heavy atom. The molecule has 0 aliphatic heterocycles. The van der Waals surface area contributed by atoms with Crippen LogP contribution in [0.4, 0.5) is 0 Å². The Hall–Kier alpha value is -1.04. The zero-order valence-electron chi connectivity index (χ0n) is 13.0. The molecule has 1 saturated carbocycles. The highest BCUT2D eigenvalue weighted by Crippen LogP contribution is 2.45. The highest BCUT2D eigenvalue weighted by atomic mass is 35.5. The van der Waals surface area contributed by atoms with Crippen LogP contribution in [0.5, 0.6) is 0 Å². The van der Waals surface area contributed by atoms with Crippen molar-refractivity contribution in [2.75, 3.05) is 0 Å². The van der Waals surface area contributed by atoms with Gasteiger partial charge in [0.05, 0.1) is 6.07 Å². The predicted octanol–water partition coefficient (Wildman–Crippen LogP) is 4.93. The van der Waals surface area contributed by atoms with Gasteiger partial charge in [0.25, 0.3) is 0 Å². The van der Waals surface area contributed by atoms with Crippen LogP contribution in [-0.4, -0.2) is 6.04 Å². The summed E-state index contributed by atoms with van der Waals surface area (Å²) in [5.41, 5.74) is 1.40. The van der Waals surface area contributed by atoms with Crippen LogP contribution in [-0.2, 0) is 6.54 Å². The molecule has 1 fully saturated rings. The van der Waals surface area contributed by atoms with E-state index in [0.717, 1.165) is 42.8 Å². The number of nitriles is 1. The van der Waals surface area contributed by atoms with Gasteiger partial charge in [-0.3, -0.25) is 0 Å². The number of hydrogen-bond donors (Lipinski definition) is 1. The molecule has 1 N–H and O–H groups in total. The SMILES string of the molecule is CC(C)[C@]1(CC#N)CC[C@H](NCc2ccccc2Cl)CC1. The first kappa shape index (κ1) is 16.3. The summed E-state index contributed by atoms with van der Waals surface area (Å²) in [6.45, 7) is 5.35. The molecule has 0 amide bonds. The highest BCUT2D eigenvalue weighted by molar-refractivity contribution is 6.31. The van der Waals surface area contributed by atoms with Crippen LogP contribution in [0.15, 0.2) is 24.3 Å². The Morgan fingerprint density at radius 1 is 1.33 bits per heavy atom. The number of hydrogen-bond acceptors (Lipinski definition) is 2. The molecule has 0 heterocycles. The van der Waals surface area contributed by atoms with Crippen molar-refractivity contribution >= 4 is 11.6 Å². The summed E-state index contributed by atoms with van der Waals surface area (Å²) in [5.74, 6) is 0.585. The van der Waals surface area contributed by atoms with E-state index in [1.54, 1.807) is 0 Å². The monoisotopic (exact) mass is 304 g/mol. The van der Waals surface area contributed by atoms with Gasteiger partial charge < -0.3 is 5.32 Å². The number of rotatable bonds is 5. The maximum atomic E-state index is 9.10. The number of nitrogens with one attached hydrogen (secondary N) is 1. The van der Waals surface area contributed by atoms with Gasteiger partial charge in [0.1, 0.15) is 0 Å². The molecule has 114 valence electrons. The first-order chi connectivity index (χ1) is 10.1. The largest absolute Gasteiger partial charge is 0.310 e. The van der Waals surface area contributed by atoms with E-state index in [4.69, 9.17) is 16.9 Å². The maximum Gasteiger partial charge on any atom is 0.0627 e. The van der Waals surface area contributed by atoms with Crippen LogP contribution in [0.1, 0.15) is 51.5 Å². The number of halogens is 1. The number of benzene rings is 1. The highest BCUT2D eigenvalue weighted by Gasteiger charge is 2.37. The maximum absolute atomic E-state index is 9.10. The van der Waals surface area contributed by atoms with Crippen molar-refractivity contribution in [3.05, 3.63) is 34.9 Å². The molecule has 1 aromatic rings. The molecule has 3 heteroatoms. The van der Waals surface area contributed by atoms with Crippen LogP contribution >= 0.6 is 11.6 Å². The van der Waals surface area contributed by atoms with Crippen molar-refractivity contribution in [3.63, 3.8) is 0 Å². The second kappa shape index (κ2) is 7.29. The summed E-state index contributed by atoms with van der Waals surface area (Å²) in [5, 5.41) is 13.6. The van der Waals surface area contributed by atoms with Gasteiger partial charge in [-0.2, -0.15) is 5.26 Å². The van der Waals surface area contributed by atoms with E-state index in [9.17, 15) is 0 Å². The third kappa shape index (κ3) is 3.99. The van der Waals surface area contributed by atoms with Crippen molar-refractivity contribution < 1.29 is 0 Å². The lowest BCUT2D eigenvalue weighted by molar-refractivity contribution is 0.105. The second-order valence-corrected chi connectivity index (χ2v) is 7.01. The summed E-state index contributed by atoms with van der Waals surface area (Å²) in [7, 11) is 0. The van der Waals surface area contributed by atoms with Crippen LogP contribution in [0, 0.1) is 22.7 Å². The summed E-state index contributed by atoms with van der Waals surface area (Å²) >= 11 is 6.19. The summed E-state index contributed by atoms with van der Waals surface area (Å²) in [6, 6.07) is 11.0. The van der Waals surface area contributed by atoms with Crippen molar-refractivity contribution in [1.82, 2.24) is 5.32 Å². The molecule has 0 radical (unpaired) electrons. The topological polar surface area (TPSA) is 35.8 Å². The molecule has 0 unspecified atom stereocenters. The predicted molar refractivity (Wildman–Crippen MR) is 88.0 cm³/mol. The molecular formula is C18H25ClN2. The molecular weight excluding hydrogens is 280 g/mol. The fourth-order valence-corrected chi connectivity index (χ4v) is 3.61. The van der Waals surface area contributed by atoms with Crippen molar-refractivity contribution in [3.8, 4) is 6.07 Å². The Balaban J connectivity index is 1.87. The Bertz CT molecular complexity index is 496. The van der Waals surface area contributed by atoms with Gasteiger partial charge in [-0.25, -0.2) is 0 Å². The third-order valence-corrected chi connectivity index (χ3v) is 5.54. The smallest absolute Gasteiger partial charge is 0.0627 e. The van der Waals surface area contributed by atoms with Gasteiger partial charge >= 0.3 is 0 Å². The van der Waals surface area contributed by atoms with E-state index < -0.39 is 0 Å². The lowest BCUT2D eigenvalue weighted by Crippen LogP contribution is -2.39. The normalized spacial score (nSPS) is 25.8. The van der Waals surface area contributed by atoms with Crippen molar-refractivity contribution in [2.24, 2.45) is 11.3 Å². The zero-order valence-corrected chi connectivity index (χ0v) is 13.8. The molecule has 1 aliphatic rings. The van der Waals surface area contributed by atoms with E-state index in [0.29, 0.717) is 18.4 Å². The lowest BCUT2D eigenvalue weighted by Gasteiger charge is -2.42. The second-order valence-electron chi connectivity index (χ2n) is 6.60. The molecule has 21 heavy (non-hydrogen) atoms. The quantitative estimate of drug-likeness (QED) is 0.837. The van der Waals surface area contributed by atoms with Gasteiger partial charge in [0.15, 0.2) is 0 Å². The molecule has 0 atom stereocenters. The Kier molecular flexibility index (Phi) is 5.67. The zero-order chi connectivity index (χ0) is 15.3. The van der Waals surface area contributed by atoms with E-state index >= 15 is 0 Å². The van der Waals surface area contributed by atoms with Crippen molar-refractivity contribution in [1.29, 1.82) is 5.26 Å². The van der Waals surface area contributed by atoms with E-state index in [1.807, 2.05) is 18.2 Å². The van der Waals surface area contributed by atoms with E-state index in [1.165, 1.54) is 0 Å². The van der Waals surface area contributed by atoms with Crippen LogP contribution in [0.25, 0.3) is 0 Å². The standard InChI is InChI=1S/C18H25ClN2/c1-14(2)18(11-12-20)9-7-16(8-10-18)21-13-15-5-3-4-6-17(15)19/h3-6,14,16,21H,7-11,13H2,1-2H3/t16-,18+. The Labute approximate surface area is 133 Å². The molecule has 1 aliphatic carbocycles. The fraction of sp³-hybridized carbons (Fsp3) is 0.611. The summed E-state index contributed by atoms with van der Waals surface area (Å²) in [6.07, 6.45) is 5.31. The Morgan fingerprint density at radius 3 is 2.57 bits per heavy atom. The first-order valence-electron chi connectivity index (χ1n) is 7.91. The molecule has 0 saturated heterocycles. The fourth-order valence-electron chi connectivity index (χ4n) is 3.41. The first-order valence-corrected chi connectivity index (χ1v) is 8.29. The molecule has 0 bridgehead atoms. The summed E-state index contributed by atoms with van der Waals surface area (Å²) in [4.78, 5) is 0. The molecule has 0 aromatic heterocycles. The third-order valence-electron chi connectivity index (χ3n) is 5.18. The van der Waals surface area contributed by atoms with Gasteiger partial charge in [0, 0.05) is 24.0 Å². The van der Waals surface area contributed by atoms with Crippen LogP contribution in [0.2, 0.25) is 5.02 Å². The lowest BCUT2D eigenvalue weighted by atomic mass is 9.64. The molecule has 0 spiro atoms. The van der Waals surface area contributed by atoms with Crippen LogP contribution < -0.4 is 5.32 Å². The average molecular weight is 305 g/mol. The summed E-state index contributed by atoms with van der Waals surface area (Å²) < 4.78 is 0. The minimum atomic E-state index is 0.233. The van der Waals surface area contributed by atoms with Crippen molar-refractivity contribution in [2.45, 2.75) is 58.5 Å². The minimum Gasteiger partial charge on any atom is -0.310 e. The minimum absolute atomic E-state index is 0.233. The molecule has 2 nitrogen and oxygen atoms in total. The van der Waals surface area contributed by atoms with Gasteiger partial charge in [-0.15, -0.1) is 0 Å². The number of nitrogens with zero attached hydrogens (tertiary/aromatic N) is 1. The molecule has 1 aromatic carbocycles. The van der Waals surface area contributed by atoms with Gasteiger partial charge in [-0.1, -0.05) is 43.6 Å². The van der Waals surface area contributed by atoms with Crippen LogP contribution in [0.3, 0.4) is 0 Å². The van der Waals surface area contributed by atoms with Gasteiger partial charge in [0.2, 0.25) is 0 Å². The van der Waals surface area contributed by atoms with Gasteiger partial charge in [-0.05, 0) is 48.6 Å². The van der Waals surface area contributed by atoms with E-state index in [2.05, 4.69) is 31.3 Å².